The number of thiazole rings is 1. The highest BCUT2D eigenvalue weighted by Crippen LogP contribution is 2.31. The maximum atomic E-state index is 6.26. The van der Waals surface area contributed by atoms with Crippen molar-refractivity contribution in [3.05, 3.63) is 58.6 Å². The Morgan fingerprint density at radius 3 is 2.78 bits per heavy atom. The van der Waals surface area contributed by atoms with Crippen molar-refractivity contribution < 1.29 is 0 Å². The Balaban J connectivity index is 1.68. The summed E-state index contributed by atoms with van der Waals surface area (Å²) in [5.41, 5.74) is 8.37. The molecule has 0 saturated carbocycles. The first-order valence-corrected chi connectivity index (χ1v) is 12.4. The van der Waals surface area contributed by atoms with Gasteiger partial charge in [-0.25, -0.2) is 15.0 Å². The van der Waals surface area contributed by atoms with Crippen LogP contribution in [0.2, 0.25) is 0 Å². The molecule has 3 heterocycles. The molecule has 3 N–H and O–H groups in total. The minimum absolute atomic E-state index is 0.107. The number of hydrogen-bond donors (Lipinski definition) is 2. The molecular formula is C23H28BrN7S. The number of halogens is 1. The Bertz CT molecular complexity index is 1200. The van der Waals surface area contributed by atoms with Crippen LogP contribution in [0.1, 0.15) is 31.7 Å². The van der Waals surface area contributed by atoms with E-state index in [0.717, 1.165) is 68.9 Å². The maximum Gasteiger partial charge on any atom is 0.189 e. The Labute approximate surface area is 200 Å². The quantitative estimate of drug-likeness (QED) is 0.315. The van der Waals surface area contributed by atoms with Crippen molar-refractivity contribution in [3.8, 4) is 0 Å². The fourth-order valence-electron chi connectivity index (χ4n) is 3.51. The van der Waals surface area contributed by atoms with E-state index in [1.54, 1.807) is 11.3 Å². The number of aromatic nitrogens is 4. The first kappa shape index (κ1) is 22.7. The summed E-state index contributed by atoms with van der Waals surface area (Å²) in [7, 11) is 0. The normalized spacial score (nSPS) is 12.3. The van der Waals surface area contributed by atoms with Crippen molar-refractivity contribution in [2.75, 3.05) is 23.3 Å². The van der Waals surface area contributed by atoms with Gasteiger partial charge in [0.2, 0.25) is 0 Å². The number of fused-ring (bicyclic) bond motifs is 1. The van der Waals surface area contributed by atoms with E-state index in [9.17, 15) is 0 Å². The molecule has 0 fully saturated rings. The van der Waals surface area contributed by atoms with Crippen LogP contribution in [0.5, 0.6) is 0 Å². The van der Waals surface area contributed by atoms with Gasteiger partial charge in [-0.15, -0.1) is 0 Å². The first-order chi connectivity index (χ1) is 15.4. The van der Waals surface area contributed by atoms with Gasteiger partial charge in [0.1, 0.15) is 17.5 Å². The fraction of sp³-hybridized carbons (Fsp3) is 0.348. The van der Waals surface area contributed by atoms with E-state index < -0.39 is 0 Å². The lowest BCUT2D eigenvalue weighted by molar-refractivity contribution is 0.618. The smallest absolute Gasteiger partial charge is 0.189 e. The number of pyridine rings is 1. The van der Waals surface area contributed by atoms with Gasteiger partial charge >= 0.3 is 0 Å². The van der Waals surface area contributed by atoms with Gasteiger partial charge in [-0.3, -0.25) is 0 Å². The van der Waals surface area contributed by atoms with Crippen LogP contribution in [0.15, 0.2) is 47.2 Å². The summed E-state index contributed by atoms with van der Waals surface area (Å²) in [5.74, 6) is 2.67. The molecule has 4 aromatic rings. The number of benzene rings is 1. The molecule has 0 bridgehead atoms. The third kappa shape index (κ3) is 5.28. The Morgan fingerprint density at radius 1 is 1.22 bits per heavy atom. The second kappa shape index (κ2) is 9.97. The van der Waals surface area contributed by atoms with E-state index in [4.69, 9.17) is 15.7 Å². The van der Waals surface area contributed by atoms with Crippen LogP contribution in [0.25, 0.3) is 10.2 Å². The Hall–Kier alpha value is -2.49. The number of likely N-dealkylation sites (N-methyl/N-ethyl adjacent to an activating group) is 1. The van der Waals surface area contributed by atoms with Crippen LogP contribution in [0.4, 0.5) is 16.8 Å². The molecule has 0 aliphatic carbocycles. The number of nitrogens with zero attached hydrogens (tertiary/aromatic N) is 5. The number of nitrogens with two attached hydrogens (primary N) is 1. The molecule has 7 nitrogen and oxygen atoms in total. The van der Waals surface area contributed by atoms with Crippen LogP contribution in [-0.4, -0.2) is 38.7 Å². The second-order valence-electron chi connectivity index (χ2n) is 7.78. The predicted octanol–water partition coefficient (Wildman–Crippen LogP) is 5.31. The van der Waals surface area contributed by atoms with Crippen molar-refractivity contribution in [1.82, 2.24) is 19.5 Å². The number of rotatable bonds is 9. The standard InChI is InChI=1S/C23H28BrN7S/c1-4-18(25)14-30(5-2)22-11-16(13-31-9-8-26-15(31)3)10-21(28-22)29-23-27-19-7-6-17(24)12-20(19)32-23/h6-12,18H,4-5,13-14,25H2,1-3H3,(H,27,28,29). The molecule has 0 spiro atoms. The van der Waals surface area contributed by atoms with Crippen LogP contribution in [-0.2, 0) is 6.54 Å². The number of hydrogen-bond acceptors (Lipinski definition) is 7. The van der Waals surface area contributed by atoms with Gasteiger partial charge in [0, 0.05) is 42.5 Å². The molecule has 0 radical (unpaired) electrons. The van der Waals surface area contributed by atoms with E-state index >= 15 is 0 Å². The van der Waals surface area contributed by atoms with Crippen LogP contribution in [0, 0.1) is 6.92 Å². The monoisotopic (exact) mass is 513 g/mol. The van der Waals surface area contributed by atoms with Gasteiger partial charge in [0.25, 0.3) is 0 Å². The fourth-order valence-corrected chi connectivity index (χ4v) is 4.94. The summed E-state index contributed by atoms with van der Waals surface area (Å²) in [6, 6.07) is 10.4. The highest BCUT2D eigenvalue weighted by Gasteiger charge is 2.14. The predicted molar refractivity (Wildman–Crippen MR) is 137 cm³/mol. The third-order valence-electron chi connectivity index (χ3n) is 5.42. The highest BCUT2D eigenvalue weighted by molar-refractivity contribution is 9.10. The molecule has 0 saturated heterocycles. The molecule has 0 aliphatic heterocycles. The minimum Gasteiger partial charge on any atom is -0.355 e. The van der Waals surface area contributed by atoms with Crippen molar-refractivity contribution >= 4 is 54.3 Å². The molecule has 1 aromatic carbocycles. The summed E-state index contributed by atoms with van der Waals surface area (Å²) in [4.78, 5) is 16.2. The van der Waals surface area contributed by atoms with Crippen molar-refractivity contribution in [3.63, 3.8) is 0 Å². The molecule has 32 heavy (non-hydrogen) atoms. The van der Waals surface area contributed by atoms with E-state index in [2.05, 4.69) is 67.7 Å². The summed E-state index contributed by atoms with van der Waals surface area (Å²) in [6.07, 6.45) is 4.75. The molecule has 1 atom stereocenters. The molecule has 9 heteroatoms. The number of imidazole rings is 1. The van der Waals surface area contributed by atoms with Gasteiger partial charge in [0.05, 0.1) is 10.2 Å². The zero-order valence-electron chi connectivity index (χ0n) is 18.5. The third-order valence-corrected chi connectivity index (χ3v) is 6.85. The highest BCUT2D eigenvalue weighted by atomic mass is 79.9. The van der Waals surface area contributed by atoms with Gasteiger partial charge < -0.3 is 20.5 Å². The van der Waals surface area contributed by atoms with Crippen LogP contribution in [0.3, 0.4) is 0 Å². The zero-order chi connectivity index (χ0) is 22.7. The minimum atomic E-state index is 0.107. The molecule has 168 valence electrons. The summed E-state index contributed by atoms with van der Waals surface area (Å²) in [6.45, 7) is 8.59. The number of aryl methyl sites for hydroxylation is 1. The maximum absolute atomic E-state index is 6.26. The Kier molecular flexibility index (Phi) is 7.07. The van der Waals surface area contributed by atoms with Gasteiger partial charge in [-0.05, 0) is 56.2 Å². The molecule has 0 aliphatic rings. The Morgan fingerprint density at radius 2 is 2.06 bits per heavy atom. The molecule has 1 unspecified atom stereocenters. The largest absolute Gasteiger partial charge is 0.355 e. The molecular weight excluding hydrogens is 486 g/mol. The number of anilines is 3. The van der Waals surface area contributed by atoms with E-state index in [1.165, 1.54) is 0 Å². The summed E-state index contributed by atoms with van der Waals surface area (Å²) < 4.78 is 4.30. The van der Waals surface area contributed by atoms with Gasteiger partial charge in [-0.2, -0.15) is 0 Å². The summed E-state index contributed by atoms with van der Waals surface area (Å²) >= 11 is 5.15. The average molecular weight is 514 g/mol. The van der Waals surface area contributed by atoms with E-state index in [-0.39, 0.29) is 6.04 Å². The summed E-state index contributed by atoms with van der Waals surface area (Å²) in [5, 5.41) is 4.25. The van der Waals surface area contributed by atoms with E-state index in [0.29, 0.717) is 0 Å². The number of nitrogens with one attached hydrogen (secondary N) is 1. The van der Waals surface area contributed by atoms with Crippen molar-refractivity contribution in [1.29, 1.82) is 0 Å². The van der Waals surface area contributed by atoms with Crippen LogP contribution < -0.4 is 16.0 Å². The molecule has 4 rings (SSSR count). The van der Waals surface area contributed by atoms with Crippen LogP contribution >= 0.6 is 27.3 Å². The molecule has 3 aromatic heterocycles. The second-order valence-corrected chi connectivity index (χ2v) is 9.73. The lowest BCUT2D eigenvalue weighted by Gasteiger charge is -2.26. The van der Waals surface area contributed by atoms with E-state index in [1.807, 2.05) is 31.5 Å². The van der Waals surface area contributed by atoms with Crippen molar-refractivity contribution in [2.24, 2.45) is 5.73 Å². The molecule has 0 amide bonds. The topological polar surface area (TPSA) is 84.9 Å². The zero-order valence-corrected chi connectivity index (χ0v) is 20.9. The lowest BCUT2D eigenvalue weighted by atomic mass is 10.2. The SMILES string of the molecule is CCC(N)CN(CC)c1cc(Cn2ccnc2C)cc(Nc2nc3ccc(Br)cc3s2)n1. The van der Waals surface area contributed by atoms with Gasteiger partial charge in [-0.1, -0.05) is 34.2 Å². The first-order valence-electron chi connectivity index (χ1n) is 10.8. The lowest BCUT2D eigenvalue weighted by Crippen LogP contribution is -2.37. The average Bonchev–Trinajstić information content (AvgIpc) is 3.36. The van der Waals surface area contributed by atoms with Gasteiger partial charge in [0.15, 0.2) is 5.13 Å². The van der Waals surface area contributed by atoms with Crippen molar-refractivity contribution in [2.45, 2.75) is 39.8 Å².